The molecule has 1 amide bonds. The van der Waals surface area contributed by atoms with Crippen LogP contribution in [0.15, 0.2) is 35.2 Å². The van der Waals surface area contributed by atoms with Crippen molar-refractivity contribution < 1.29 is 17.8 Å². The van der Waals surface area contributed by atoms with Crippen LogP contribution in [0.25, 0.3) is 0 Å². The van der Waals surface area contributed by atoms with Crippen molar-refractivity contribution in [3.63, 3.8) is 0 Å². The molecule has 1 aliphatic heterocycles. The van der Waals surface area contributed by atoms with E-state index in [1.807, 2.05) is 0 Å². The van der Waals surface area contributed by atoms with E-state index in [0.29, 0.717) is 0 Å². The Morgan fingerprint density at radius 1 is 1.06 bits per heavy atom. The van der Waals surface area contributed by atoms with Crippen LogP contribution >= 0.6 is 0 Å². The van der Waals surface area contributed by atoms with E-state index >= 15 is 0 Å². The minimum absolute atomic E-state index is 0.0741. The standard InChI is InChI=1S/C6H11NO.C6H6O3S/c8-6-4-2-1-3-5-7-6;7-10(8,9)6-4-2-1-3-5-6/h1-5H2,(H,7,8);1-5H,(H,7,8,9). The number of carbonyl (C=O) groups excluding carboxylic acids is 1. The van der Waals surface area contributed by atoms with Gasteiger partial charge in [-0.15, -0.1) is 0 Å². The third-order valence-corrected chi connectivity index (χ3v) is 3.31. The molecule has 2 rings (SSSR count). The number of amides is 1. The third kappa shape index (κ3) is 5.79. The van der Waals surface area contributed by atoms with E-state index in [1.54, 1.807) is 18.2 Å². The lowest BCUT2D eigenvalue weighted by Gasteiger charge is -1.93. The molecule has 100 valence electrons. The third-order valence-electron chi connectivity index (χ3n) is 2.44. The summed E-state index contributed by atoms with van der Waals surface area (Å²) >= 11 is 0. The molecule has 1 fully saturated rings. The summed E-state index contributed by atoms with van der Waals surface area (Å²) in [6.07, 6.45) is 4.18. The van der Waals surface area contributed by atoms with E-state index in [4.69, 9.17) is 4.55 Å². The van der Waals surface area contributed by atoms with Gasteiger partial charge in [-0.2, -0.15) is 8.42 Å². The van der Waals surface area contributed by atoms with E-state index in [2.05, 4.69) is 5.32 Å². The van der Waals surface area contributed by atoms with Gasteiger partial charge >= 0.3 is 0 Å². The van der Waals surface area contributed by atoms with E-state index in [9.17, 15) is 13.2 Å². The van der Waals surface area contributed by atoms with Crippen molar-refractivity contribution in [3.8, 4) is 0 Å². The molecule has 2 N–H and O–H groups in total. The van der Waals surface area contributed by atoms with Gasteiger partial charge < -0.3 is 5.32 Å². The van der Waals surface area contributed by atoms with E-state index in [0.717, 1.165) is 25.8 Å². The van der Waals surface area contributed by atoms with Crippen molar-refractivity contribution in [1.82, 2.24) is 5.32 Å². The monoisotopic (exact) mass is 271 g/mol. The first kappa shape index (κ1) is 14.7. The minimum atomic E-state index is -4.00. The summed E-state index contributed by atoms with van der Waals surface area (Å²) in [5.41, 5.74) is 0. The van der Waals surface area contributed by atoms with Crippen molar-refractivity contribution in [3.05, 3.63) is 30.3 Å². The van der Waals surface area contributed by atoms with Gasteiger partial charge in [-0.1, -0.05) is 24.6 Å². The van der Waals surface area contributed by atoms with Gasteiger partial charge in [0.2, 0.25) is 5.91 Å². The average molecular weight is 271 g/mol. The molecule has 0 aliphatic carbocycles. The highest BCUT2D eigenvalue weighted by Crippen LogP contribution is 2.05. The van der Waals surface area contributed by atoms with Gasteiger partial charge in [0, 0.05) is 13.0 Å². The first-order valence-corrected chi connectivity index (χ1v) is 7.23. The maximum absolute atomic E-state index is 10.6. The van der Waals surface area contributed by atoms with Crippen molar-refractivity contribution in [2.24, 2.45) is 0 Å². The van der Waals surface area contributed by atoms with Crippen LogP contribution in [0, 0.1) is 0 Å². The molecule has 1 saturated heterocycles. The molecule has 0 radical (unpaired) electrons. The van der Waals surface area contributed by atoms with Crippen LogP contribution in [0.3, 0.4) is 0 Å². The zero-order chi connectivity index (χ0) is 13.4. The average Bonchev–Trinajstić information content (AvgIpc) is 2.58. The van der Waals surface area contributed by atoms with Gasteiger partial charge in [0.25, 0.3) is 10.1 Å². The maximum Gasteiger partial charge on any atom is 0.294 e. The lowest BCUT2D eigenvalue weighted by molar-refractivity contribution is -0.120. The largest absolute Gasteiger partial charge is 0.356 e. The topological polar surface area (TPSA) is 83.5 Å². The van der Waals surface area contributed by atoms with Gasteiger partial charge in [-0.05, 0) is 25.0 Å². The summed E-state index contributed by atoms with van der Waals surface area (Å²) in [7, 11) is -4.00. The Labute approximate surface area is 107 Å². The molecular formula is C12H17NO4S. The molecular weight excluding hydrogens is 254 g/mol. The molecule has 0 saturated carbocycles. The molecule has 6 heteroatoms. The van der Waals surface area contributed by atoms with Crippen LogP contribution in [-0.2, 0) is 14.9 Å². The van der Waals surface area contributed by atoms with Crippen LogP contribution < -0.4 is 5.32 Å². The van der Waals surface area contributed by atoms with Crippen molar-refractivity contribution >= 4 is 16.0 Å². The van der Waals surface area contributed by atoms with Gasteiger partial charge in [-0.25, -0.2) is 0 Å². The molecule has 0 bridgehead atoms. The number of rotatable bonds is 1. The highest BCUT2D eigenvalue weighted by molar-refractivity contribution is 7.85. The Morgan fingerprint density at radius 2 is 1.72 bits per heavy atom. The molecule has 0 aromatic heterocycles. The number of hydrogen-bond donors (Lipinski definition) is 2. The second-order valence-corrected chi connectivity index (χ2v) is 5.37. The van der Waals surface area contributed by atoms with E-state index < -0.39 is 10.1 Å². The molecule has 1 heterocycles. The number of benzene rings is 1. The second-order valence-electron chi connectivity index (χ2n) is 3.95. The molecule has 0 atom stereocenters. The van der Waals surface area contributed by atoms with Crippen LogP contribution in [-0.4, -0.2) is 25.4 Å². The zero-order valence-electron chi connectivity index (χ0n) is 10.0. The first-order valence-electron chi connectivity index (χ1n) is 5.79. The fourth-order valence-corrected chi connectivity index (χ4v) is 2.00. The van der Waals surface area contributed by atoms with Gasteiger partial charge in [0.05, 0.1) is 4.90 Å². The highest BCUT2D eigenvalue weighted by Gasteiger charge is 2.05. The minimum Gasteiger partial charge on any atom is -0.356 e. The Morgan fingerprint density at radius 3 is 2.28 bits per heavy atom. The normalized spacial score (nSPS) is 15.9. The van der Waals surface area contributed by atoms with E-state index in [1.165, 1.54) is 18.6 Å². The number of hydrogen-bond acceptors (Lipinski definition) is 3. The molecule has 1 aliphatic rings. The zero-order valence-corrected chi connectivity index (χ0v) is 10.8. The maximum atomic E-state index is 10.6. The summed E-state index contributed by atoms with van der Waals surface area (Å²) in [5.74, 6) is 0.225. The van der Waals surface area contributed by atoms with Crippen LogP contribution in [0.5, 0.6) is 0 Å². The summed E-state index contributed by atoms with van der Waals surface area (Å²) in [6, 6.07) is 7.42. The smallest absolute Gasteiger partial charge is 0.294 e. The van der Waals surface area contributed by atoms with Gasteiger partial charge in [0.15, 0.2) is 0 Å². The highest BCUT2D eigenvalue weighted by atomic mass is 32.2. The summed E-state index contributed by atoms with van der Waals surface area (Å²) in [5, 5.41) is 2.81. The fourth-order valence-electron chi connectivity index (χ4n) is 1.50. The molecule has 0 spiro atoms. The van der Waals surface area contributed by atoms with Crippen LogP contribution in [0.4, 0.5) is 0 Å². The lowest BCUT2D eigenvalue weighted by Crippen LogP contribution is -2.21. The first-order chi connectivity index (χ1) is 8.50. The second kappa shape index (κ2) is 7.13. The molecule has 0 unspecified atom stereocenters. The summed E-state index contributed by atoms with van der Waals surface area (Å²) in [6.45, 7) is 0.888. The molecule has 5 nitrogen and oxygen atoms in total. The predicted octanol–water partition coefficient (Wildman–Crippen LogP) is 1.61. The van der Waals surface area contributed by atoms with Crippen molar-refractivity contribution in [1.29, 1.82) is 0 Å². The predicted molar refractivity (Wildman–Crippen MR) is 67.7 cm³/mol. The SMILES string of the molecule is O=C1CCCCCN1.O=S(=O)(O)c1ccccc1. The quantitative estimate of drug-likeness (QED) is 0.760. The Kier molecular flexibility index (Phi) is 5.80. The van der Waals surface area contributed by atoms with Crippen LogP contribution in [0.1, 0.15) is 25.7 Å². The van der Waals surface area contributed by atoms with Gasteiger partial charge in [0.1, 0.15) is 0 Å². The fraction of sp³-hybridized carbons (Fsp3) is 0.417. The van der Waals surface area contributed by atoms with E-state index in [-0.39, 0.29) is 10.8 Å². The number of nitrogens with one attached hydrogen (secondary N) is 1. The Balaban J connectivity index is 0.000000184. The Bertz CT molecular complexity index is 460. The van der Waals surface area contributed by atoms with Crippen molar-refractivity contribution in [2.75, 3.05) is 6.54 Å². The Hall–Kier alpha value is -1.40. The van der Waals surface area contributed by atoms with Gasteiger partial charge in [-0.3, -0.25) is 9.35 Å². The number of carbonyl (C=O) groups is 1. The molecule has 18 heavy (non-hydrogen) atoms. The van der Waals surface area contributed by atoms with Crippen LogP contribution in [0.2, 0.25) is 0 Å². The molecule has 1 aromatic rings. The van der Waals surface area contributed by atoms with Crippen molar-refractivity contribution in [2.45, 2.75) is 30.6 Å². The lowest BCUT2D eigenvalue weighted by atomic mass is 10.2. The molecule has 1 aromatic carbocycles. The summed E-state index contributed by atoms with van der Waals surface area (Å²) < 4.78 is 29.2. The summed E-state index contributed by atoms with van der Waals surface area (Å²) in [4.78, 5) is 10.5.